The van der Waals surface area contributed by atoms with Gasteiger partial charge in [-0.15, -0.1) is 11.3 Å². The predicted octanol–water partition coefficient (Wildman–Crippen LogP) is 7.01. The van der Waals surface area contributed by atoms with Crippen molar-refractivity contribution in [3.05, 3.63) is 64.0 Å². The number of allylic oxidation sites excluding steroid dienone is 1. The number of hydrogen-bond acceptors (Lipinski definition) is 5. The molecule has 0 saturated heterocycles. The summed E-state index contributed by atoms with van der Waals surface area (Å²) in [6.45, 7) is 7.21. The third kappa shape index (κ3) is 5.96. The van der Waals surface area contributed by atoms with E-state index in [1.54, 1.807) is 0 Å². The first-order valence-corrected chi connectivity index (χ1v) is 11.6. The molecule has 1 heterocycles. The van der Waals surface area contributed by atoms with Crippen molar-refractivity contribution in [2.45, 2.75) is 40.0 Å². The maximum absolute atomic E-state index is 9.78. The monoisotopic (exact) mass is 432 g/mol. The second-order valence-electron chi connectivity index (χ2n) is 7.07. The molecule has 31 heavy (non-hydrogen) atoms. The topological polar surface area (TPSA) is 55.1 Å². The van der Waals surface area contributed by atoms with E-state index < -0.39 is 0 Å². The van der Waals surface area contributed by atoms with Crippen LogP contribution in [0, 0.1) is 11.3 Å². The van der Waals surface area contributed by atoms with E-state index in [2.05, 4.69) is 37.3 Å². The van der Waals surface area contributed by atoms with E-state index in [4.69, 9.17) is 14.5 Å². The molecule has 0 atom stereocenters. The molecule has 0 amide bonds. The molecule has 0 aliphatic rings. The molecule has 0 saturated carbocycles. The molecule has 3 rings (SSSR count). The van der Waals surface area contributed by atoms with Crippen LogP contribution in [0.1, 0.15) is 49.7 Å². The standard InChI is InChI=1S/C26H28N2O2S/c1-4-7-8-19-9-11-20(12-10-19)24-18-31-26(28-24)22(17-27)15-21-13-14-23(29-5-2)16-25(21)30-6-3/h9-16,18H,4-8H2,1-3H3. The van der Waals surface area contributed by atoms with E-state index in [0.29, 0.717) is 29.5 Å². The minimum atomic E-state index is 0.515. The van der Waals surface area contributed by atoms with E-state index in [0.717, 1.165) is 29.0 Å². The lowest BCUT2D eigenvalue weighted by molar-refractivity contribution is 0.322. The predicted molar refractivity (Wildman–Crippen MR) is 128 cm³/mol. The minimum absolute atomic E-state index is 0.515. The molecule has 1 aromatic heterocycles. The number of aryl methyl sites for hydroxylation is 1. The number of aromatic nitrogens is 1. The molecular formula is C26H28N2O2S. The molecule has 0 aliphatic carbocycles. The number of nitriles is 1. The van der Waals surface area contributed by atoms with Crippen molar-refractivity contribution >= 4 is 23.0 Å². The van der Waals surface area contributed by atoms with Crippen LogP contribution in [0.25, 0.3) is 22.9 Å². The lowest BCUT2D eigenvalue weighted by Crippen LogP contribution is -1.97. The van der Waals surface area contributed by atoms with Crippen molar-refractivity contribution in [2.24, 2.45) is 0 Å². The molecule has 4 nitrogen and oxygen atoms in total. The third-order valence-electron chi connectivity index (χ3n) is 4.82. The Kier molecular flexibility index (Phi) is 8.26. The van der Waals surface area contributed by atoms with Crippen LogP contribution in [-0.4, -0.2) is 18.2 Å². The molecule has 0 fully saturated rings. The highest BCUT2D eigenvalue weighted by Crippen LogP contribution is 2.31. The van der Waals surface area contributed by atoms with Gasteiger partial charge in [0, 0.05) is 22.6 Å². The smallest absolute Gasteiger partial charge is 0.134 e. The van der Waals surface area contributed by atoms with Gasteiger partial charge in [-0.25, -0.2) is 4.98 Å². The maximum atomic E-state index is 9.78. The molecule has 0 bridgehead atoms. The zero-order valence-corrected chi connectivity index (χ0v) is 19.2. The van der Waals surface area contributed by atoms with Gasteiger partial charge in [-0.2, -0.15) is 5.26 Å². The number of thiazole rings is 1. The molecule has 5 heteroatoms. The zero-order valence-electron chi connectivity index (χ0n) is 18.4. The molecule has 3 aromatic rings. The van der Waals surface area contributed by atoms with Gasteiger partial charge < -0.3 is 9.47 Å². The first-order valence-electron chi connectivity index (χ1n) is 10.7. The Morgan fingerprint density at radius 1 is 1.06 bits per heavy atom. The Morgan fingerprint density at radius 2 is 1.84 bits per heavy atom. The van der Waals surface area contributed by atoms with Crippen LogP contribution in [0.5, 0.6) is 11.5 Å². The van der Waals surface area contributed by atoms with E-state index in [1.807, 2.05) is 43.5 Å². The zero-order chi connectivity index (χ0) is 22.1. The fourth-order valence-corrected chi connectivity index (χ4v) is 4.02. The summed E-state index contributed by atoms with van der Waals surface area (Å²) in [7, 11) is 0. The molecular weight excluding hydrogens is 404 g/mol. The van der Waals surface area contributed by atoms with Gasteiger partial charge in [0.25, 0.3) is 0 Å². The molecule has 0 N–H and O–H groups in total. The van der Waals surface area contributed by atoms with Crippen LogP contribution < -0.4 is 9.47 Å². The second kappa shape index (κ2) is 11.3. The highest BCUT2D eigenvalue weighted by molar-refractivity contribution is 7.11. The Hall–Kier alpha value is -3.10. The Labute approximate surface area is 188 Å². The summed E-state index contributed by atoms with van der Waals surface area (Å²) >= 11 is 1.48. The SMILES string of the molecule is CCCCc1ccc(-c2csc(C(C#N)=Cc3ccc(OCC)cc3OCC)n2)cc1. The van der Waals surface area contributed by atoms with Crippen molar-refractivity contribution < 1.29 is 9.47 Å². The Bertz CT molecular complexity index is 1060. The summed E-state index contributed by atoms with van der Waals surface area (Å²) in [5.41, 5.74) is 4.65. The number of ether oxygens (including phenoxy) is 2. The summed E-state index contributed by atoms with van der Waals surface area (Å²) in [5.74, 6) is 1.45. The summed E-state index contributed by atoms with van der Waals surface area (Å²) in [5, 5.41) is 12.5. The van der Waals surface area contributed by atoms with E-state index >= 15 is 0 Å². The molecule has 160 valence electrons. The van der Waals surface area contributed by atoms with Crippen molar-refractivity contribution in [3.8, 4) is 28.8 Å². The van der Waals surface area contributed by atoms with Gasteiger partial charge in [0.05, 0.1) is 24.5 Å². The lowest BCUT2D eigenvalue weighted by atomic mass is 10.1. The van der Waals surface area contributed by atoms with Crippen molar-refractivity contribution in [1.29, 1.82) is 5.26 Å². The van der Waals surface area contributed by atoms with Crippen LogP contribution in [-0.2, 0) is 6.42 Å². The number of benzene rings is 2. The average Bonchev–Trinajstić information content (AvgIpc) is 3.28. The summed E-state index contributed by atoms with van der Waals surface area (Å²) < 4.78 is 11.3. The van der Waals surface area contributed by atoms with E-state index in [-0.39, 0.29) is 0 Å². The van der Waals surface area contributed by atoms with Gasteiger partial charge in [-0.05, 0) is 50.5 Å². The van der Waals surface area contributed by atoms with Gasteiger partial charge in [0.2, 0.25) is 0 Å². The molecule has 0 aliphatic heterocycles. The summed E-state index contributed by atoms with van der Waals surface area (Å²) in [4.78, 5) is 4.72. The van der Waals surface area contributed by atoms with Crippen LogP contribution in [0.15, 0.2) is 47.8 Å². The third-order valence-corrected chi connectivity index (χ3v) is 5.70. The normalized spacial score (nSPS) is 11.2. The number of hydrogen-bond donors (Lipinski definition) is 0. The second-order valence-corrected chi connectivity index (χ2v) is 7.93. The van der Waals surface area contributed by atoms with Crippen molar-refractivity contribution in [1.82, 2.24) is 4.98 Å². The Morgan fingerprint density at radius 3 is 2.52 bits per heavy atom. The van der Waals surface area contributed by atoms with Crippen LogP contribution in [0.2, 0.25) is 0 Å². The maximum Gasteiger partial charge on any atom is 0.134 e. The fraction of sp³-hybridized carbons (Fsp3) is 0.308. The van der Waals surface area contributed by atoms with Crippen molar-refractivity contribution in [2.75, 3.05) is 13.2 Å². The molecule has 0 spiro atoms. The molecule has 0 unspecified atom stereocenters. The fourth-order valence-electron chi connectivity index (χ4n) is 3.22. The minimum Gasteiger partial charge on any atom is -0.494 e. The van der Waals surface area contributed by atoms with E-state index in [1.165, 1.54) is 29.7 Å². The number of nitrogens with zero attached hydrogens (tertiary/aromatic N) is 2. The lowest BCUT2D eigenvalue weighted by Gasteiger charge is -2.10. The van der Waals surface area contributed by atoms with Gasteiger partial charge in [0.1, 0.15) is 22.6 Å². The summed E-state index contributed by atoms with van der Waals surface area (Å²) in [6.07, 6.45) is 5.33. The number of unbranched alkanes of at least 4 members (excludes halogenated alkanes) is 1. The first-order chi connectivity index (χ1) is 15.2. The quantitative estimate of drug-likeness (QED) is 0.323. The first kappa shape index (κ1) is 22.6. The highest BCUT2D eigenvalue weighted by atomic mass is 32.1. The van der Waals surface area contributed by atoms with Crippen LogP contribution in [0.4, 0.5) is 0 Å². The van der Waals surface area contributed by atoms with Gasteiger partial charge >= 0.3 is 0 Å². The van der Waals surface area contributed by atoms with E-state index in [9.17, 15) is 5.26 Å². The van der Waals surface area contributed by atoms with Crippen LogP contribution in [0.3, 0.4) is 0 Å². The van der Waals surface area contributed by atoms with Crippen LogP contribution >= 0.6 is 11.3 Å². The average molecular weight is 433 g/mol. The van der Waals surface area contributed by atoms with Gasteiger partial charge in [-0.3, -0.25) is 0 Å². The molecule has 2 aromatic carbocycles. The number of rotatable bonds is 10. The molecule has 0 radical (unpaired) electrons. The van der Waals surface area contributed by atoms with Gasteiger partial charge in [-0.1, -0.05) is 37.6 Å². The largest absolute Gasteiger partial charge is 0.494 e. The Balaban J connectivity index is 1.86. The highest BCUT2D eigenvalue weighted by Gasteiger charge is 2.12. The van der Waals surface area contributed by atoms with Crippen molar-refractivity contribution in [3.63, 3.8) is 0 Å². The van der Waals surface area contributed by atoms with Gasteiger partial charge in [0.15, 0.2) is 0 Å². The summed E-state index contributed by atoms with van der Waals surface area (Å²) in [6, 6.07) is 16.5.